The zero-order valence-corrected chi connectivity index (χ0v) is 18.6. The molecule has 0 aliphatic rings. The van der Waals surface area contributed by atoms with Gasteiger partial charge in [-0.25, -0.2) is 4.98 Å². The summed E-state index contributed by atoms with van der Waals surface area (Å²) in [6.07, 6.45) is 3.83. The molecule has 1 unspecified atom stereocenters. The van der Waals surface area contributed by atoms with Crippen LogP contribution in [0.1, 0.15) is 43.0 Å². The fourth-order valence-corrected chi connectivity index (χ4v) is 4.66. The van der Waals surface area contributed by atoms with Crippen LogP contribution >= 0.6 is 35.0 Å². The number of H-pyrrole nitrogens is 1. The van der Waals surface area contributed by atoms with Crippen LogP contribution in [-0.4, -0.2) is 33.3 Å². The second-order valence-corrected chi connectivity index (χ2v) is 8.78. The van der Waals surface area contributed by atoms with Gasteiger partial charge in [-0.3, -0.25) is 4.98 Å². The molecule has 29 heavy (non-hydrogen) atoms. The topological polar surface area (TPSA) is 71.0 Å². The zero-order valence-electron chi connectivity index (χ0n) is 16.2. The third kappa shape index (κ3) is 6.20. The van der Waals surface area contributed by atoms with Crippen molar-refractivity contribution in [2.45, 2.75) is 42.2 Å². The van der Waals surface area contributed by atoms with E-state index in [4.69, 9.17) is 32.9 Å². The first-order chi connectivity index (χ1) is 14.0. The van der Waals surface area contributed by atoms with E-state index in [0.29, 0.717) is 16.5 Å². The van der Waals surface area contributed by atoms with E-state index in [-0.39, 0.29) is 25.2 Å². The van der Waals surface area contributed by atoms with Gasteiger partial charge in [0, 0.05) is 33.8 Å². The second-order valence-electron chi connectivity index (χ2n) is 6.85. The third-order valence-electron chi connectivity index (χ3n) is 4.23. The van der Waals surface area contributed by atoms with Crippen molar-refractivity contribution in [1.82, 2.24) is 15.0 Å². The molecule has 1 aromatic carbocycles. The summed E-state index contributed by atoms with van der Waals surface area (Å²) in [5.41, 5.74) is 2.11. The first-order valence-corrected chi connectivity index (χ1v) is 10.9. The Morgan fingerprint density at radius 1 is 1.14 bits per heavy atom. The monoisotopic (exact) mass is 451 g/mol. The number of hydrogen-bond acceptors (Lipinski definition) is 5. The Balaban J connectivity index is 1.91. The molecule has 2 N–H and O–H groups in total. The maximum atomic E-state index is 9.23. The lowest BCUT2D eigenvalue weighted by Crippen LogP contribution is -2.12. The number of imidazole rings is 1. The normalized spacial score (nSPS) is 12.5. The number of pyridine rings is 1. The summed E-state index contributed by atoms with van der Waals surface area (Å²) in [5, 5.41) is 11.3. The van der Waals surface area contributed by atoms with Crippen molar-refractivity contribution in [2.75, 3.05) is 13.2 Å². The summed E-state index contributed by atoms with van der Waals surface area (Å²) in [7, 11) is 0. The van der Waals surface area contributed by atoms with Crippen molar-refractivity contribution in [3.63, 3.8) is 0 Å². The number of nitrogens with one attached hydrogen (secondary N) is 1. The van der Waals surface area contributed by atoms with Crippen LogP contribution in [0.25, 0.3) is 0 Å². The van der Waals surface area contributed by atoms with E-state index in [1.54, 1.807) is 18.5 Å². The molecule has 0 fully saturated rings. The minimum Gasteiger partial charge on any atom is -0.394 e. The highest BCUT2D eigenvalue weighted by molar-refractivity contribution is 7.99. The molecule has 0 aliphatic heterocycles. The maximum Gasteiger partial charge on any atom is 0.137 e. The smallest absolute Gasteiger partial charge is 0.137 e. The lowest BCUT2D eigenvalue weighted by molar-refractivity contribution is 0.0234. The lowest BCUT2D eigenvalue weighted by Gasteiger charge is -2.15. The number of aliphatic hydroxyl groups is 1. The van der Waals surface area contributed by atoms with E-state index in [9.17, 15) is 5.11 Å². The predicted molar refractivity (Wildman–Crippen MR) is 117 cm³/mol. The zero-order chi connectivity index (χ0) is 20.8. The molecular weight excluding hydrogens is 429 g/mol. The Morgan fingerprint density at radius 2 is 1.83 bits per heavy atom. The molecule has 0 amide bonds. The van der Waals surface area contributed by atoms with Crippen molar-refractivity contribution in [3.8, 4) is 0 Å². The highest BCUT2D eigenvalue weighted by atomic mass is 35.5. The molecule has 2 heterocycles. The number of aliphatic hydroxyl groups excluding tert-OH is 1. The summed E-state index contributed by atoms with van der Waals surface area (Å²) >= 11 is 13.8. The molecule has 5 nitrogen and oxygen atoms in total. The van der Waals surface area contributed by atoms with Crippen LogP contribution in [-0.2, 0) is 11.2 Å². The number of hydrogen-bond donors (Lipinski definition) is 2. The van der Waals surface area contributed by atoms with Crippen LogP contribution < -0.4 is 0 Å². The molecule has 0 saturated carbocycles. The Bertz CT molecular complexity index is 915. The summed E-state index contributed by atoms with van der Waals surface area (Å²) < 4.78 is 5.90. The standard InChI is InChI=1S/C21H23Cl2N3O2S/c1-13(2)19-21(29-17-11-15(22)10-16(23)12-17)26-20(25-19)18(28-8-7-27)9-14-3-5-24-6-4-14/h3-6,10-13,18,27H,7-9H2,1-2H3,(H,25,26). The van der Waals surface area contributed by atoms with Gasteiger partial charge in [-0.2, -0.15) is 0 Å². The summed E-state index contributed by atoms with van der Waals surface area (Å²) in [6.45, 7) is 4.41. The number of ether oxygens (including phenoxy) is 1. The number of rotatable bonds is 9. The third-order valence-corrected chi connectivity index (χ3v) is 5.64. The van der Waals surface area contributed by atoms with Gasteiger partial charge in [0.15, 0.2) is 0 Å². The van der Waals surface area contributed by atoms with Gasteiger partial charge in [0.25, 0.3) is 0 Å². The molecule has 2 aromatic heterocycles. The minimum atomic E-state index is -0.306. The number of halogens is 2. The van der Waals surface area contributed by atoms with Gasteiger partial charge in [-0.1, -0.05) is 48.8 Å². The molecule has 0 spiro atoms. The molecule has 3 rings (SSSR count). The van der Waals surface area contributed by atoms with Gasteiger partial charge >= 0.3 is 0 Å². The largest absolute Gasteiger partial charge is 0.394 e. The van der Waals surface area contributed by atoms with Crippen LogP contribution in [0.15, 0.2) is 52.6 Å². The summed E-state index contributed by atoms with van der Waals surface area (Å²) in [6, 6.07) is 9.34. The average Bonchev–Trinajstić information content (AvgIpc) is 3.09. The summed E-state index contributed by atoms with van der Waals surface area (Å²) in [5.74, 6) is 0.974. The van der Waals surface area contributed by atoms with Gasteiger partial charge < -0.3 is 14.8 Å². The van der Waals surface area contributed by atoms with Crippen LogP contribution in [0.2, 0.25) is 10.0 Å². The highest BCUT2D eigenvalue weighted by Crippen LogP contribution is 2.36. The van der Waals surface area contributed by atoms with Gasteiger partial charge in [-0.15, -0.1) is 0 Å². The first kappa shape index (κ1) is 22.1. The fourth-order valence-electron chi connectivity index (χ4n) is 2.87. The Hall–Kier alpha value is -1.57. The highest BCUT2D eigenvalue weighted by Gasteiger charge is 2.22. The molecule has 0 bridgehead atoms. The van der Waals surface area contributed by atoms with Gasteiger partial charge in [0.1, 0.15) is 17.0 Å². The van der Waals surface area contributed by atoms with Crippen molar-refractivity contribution in [3.05, 3.63) is 69.9 Å². The molecule has 154 valence electrons. The van der Waals surface area contributed by atoms with E-state index in [1.807, 2.05) is 24.3 Å². The van der Waals surface area contributed by atoms with E-state index in [2.05, 4.69) is 23.8 Å². The molecule has 3 aromatic rings. The predicted octanol–water partition coefficient (Wildman–Crippen LogP) is 5.68. The maximum absolute atomic E-state index is 9.23. The van der Waals surface area contributed by atoms with Crippen molar-refractivity contribution < 1.29 is 9.84 Å². The quantitative estimate of drug-likeness (QED) is 0.437. The molecule has 1 atom stereocenters. The van der Waals surface area contributed by atoms with Gasteiger partial charge in [0.2, 0.25) is 0 Å². The summed E-state index contributed by atoms with van der Waals surface area (Å²) in [4.78, 5) is 13.3. The molecule has 0 radical (unpaired) electrons. The van der Waals surface area contributed by atoms with Crippen molar-refractivity contribution in [1.29, 1.82) is 0 Å². The average molecular weight is 452 g/mol. The van der Waals surface area contributed by atoms with Crippen LogP contribution in [0, 0.1) is 0 Å². The Morgan fingerprint density at radius 3 is 2.45 bits per heavy atom. The first-order valence-electron chi connectivity index (χ1n) is 9.31. The number of nitrogens with zero attached hydrogens (tertiary/aromatic N) is 2. The molecular formula is C21H23Cl2N3O2S. The Kier molecular flexibility index (Phi) is 7.98. The molecule has 0 saturated heterocycles. The van der Waals surface area contributed by atoms with Crippen molar-refractivity contribution in [2.24, 2.45) is 0 Å². The molecule has 0 aliphatic carbocycles. The fraction of sp³-hybridized carbons (Fsp3) is 0.333. The van der Waals surface area contributed by atoms with E-state index < -0.39 is 0 Å². The van der Waals surface area contributed by atoms with Gasteiger partial charge in [0.05, 0.1) is 18.9 Å². The van der Waals surface area contributed by atoms with E-state index in [1.165, 1.54) is 11.8 Å². The van der Waals surface area contributed by atoms with Crippen LogP contribution in [0.4, 0.5) is 0 Å². The van der Waals surface area contributed by atoms with Crippen molar-refractivity contribution >= 4 is 35.0 Å². The number of benzene rings is 1. The number of aromatic nitrogens is 3. The lowest BCUT2D eigenvalue weighted by atomic mass is 10.1. The van der Waals surface area contributed by atoms with Crippen LogP contribution in [0.5, 0.6) is 0 Å². The Labute approximate surface area is 184 Å². The van der Waals surface area contributed by atoms with Gasteiger partial charge in [-0.05, 0) is 41.8 Å². The SMILES string of the molecule is CC(C)c1[nH]c(C(Cc2ccncc2)OCCO)nc1Sc1cc(Cl)cc(Cl)c1. The second kappa shape index (κ2) is 10.5. The minimum absolute atomic E-state index is 0.0484. The van der Waals surface area contributed by atoms with Crippen LogP contribution in [0.3, 0.4) is 0 Å². The van der Waals surface area contributed by atoms with E-state index >= 15 is 0 Å². The number of aromatic amines is 1. The van der Waals surface area contributed by atoms with E-state index in [0.717, 1.165) is 27.0 Å². The molecule has 8 heteroatoms.